The molecule has 1 atom stereocenters. The molecule has 162 valence electrons. The summed E-state index contributed by atoms with van der Waals surface area (Å²) in [6, 6.07) is 7.61. The molecule has 1 saturated carbocycles. The minimum absolute atomic E-state index is 0. The molecule has 8 heteroatoms. The average molecular weight is 535 g/mol. The quantitative estimate of drug-likeness (QED) is 0.242. The average Bonchev–Trinajstić information content (AvgIpc) is 3.37. The van der Waals surface area contributed by atoms with E-state index >= 15 is 0 Å². The highest BCUT2D eigenvalue weighted by molar-refractivity contribution is 14.0. The highest BCUT2D eigenvalue weighted by atomic mass is 127. The van der Waals surface area contributed by atoms with E-state index in [0.717, 1.165) is 50.6 Å². The number of ether oxygens (including phenoxy) is 1. The Labute approximate surface area is 195 Å². The summed E-state index contributed by atoms with van der Waals surface area (Å²) >= 11 is 5.96. The lowest BCUT2D eigenvalue weighted by molar-refractivity contribution is -0.134. The van der Waals surface area contributed by atoms with E-state index < -0.39 is 0 Å². The summed E-state index contributed by atoms with van der Waals surface area (Å²) in [5.74, 6) is 2.12. The third-order valence-electron chi connectivity index (χ3n) is 5.32. The normalized spacial score (nSPS) is 19.7. The van der Waals surface area contributed by atoms with E-state index in [9.17, 15) is 4.79 Å². The smallest absolute Gasteiger partial charge is 0.225 e. The molecule has 1 saturated heterocycles. The molecule has 1 unspecified atom stereocenters. The number of carbonyl (C=O) groups is 1. The van der Waals surface area contributed by atoms with Gasteiger partial charge in [0.05, 0.1) is 6.54 Å². The fourth-order valence-corrected chi connectivity index (χ4v) is 4.08. The summed E-state index contributed by atoms with van der Waals surface area (Å²) in [5.41, 5.74) is 0. The van der Waals surface area contributed by atoms with Crippen molar-refractivity contribution in [3.63, 3.8) is 0 Å². The van der Waals surface area contributed by atoms with E-state index in [2.05, 4.69) is 15.6 Å². The molecule has 0 radical (unpaired) electrons. The van der Waals surface area contributed by atoms with Crippen LogP contribution in [0.5, 0.6) is 5.75 Å². The molecule has 2 aliphatic rings. The zero-order valence-corrected chi connectivity index (χ0v) is 20.1. The molecule has 6 nitrogen and oxygen atoms in total. The van der Waals surface area contributed by atoms with Crippen molar-refractivity contribution < 1.29 is 9.53 Å². The van der Waals surface area contributed by atoms with Crippen LogP contribution in [0.15, 0.2) is 29.3 Å². The van der Waals surface area contributed by atoms with Gasteiger partial charge in [-0.3, -0.25) is 4.79 Å². The van der Waals surface area contributed by atoms with Crippen LogP contribution in [0.1, 0.15) is 39.0 Å². The number of aliphatic imine (C=N–C) groups is 1. The molecule has 2 fully saturated rings. The maximum atomic E-state index is 12.6. The lowest BCUT2D eigenvalue weighted by Gasteiger charge is -2.21. The van der Waals surface area contributed by atoms with Crippen LogP contribution in [0.2, 0.25) is 5.02 Å². The van der Waals surface area contributed by atoms with E-state index in [1.165, 1.54) is 12.8 Å². The lowest BCUT2D eigenvalue weighted by atomic mass is 10.1. The van der Waals surface area contributed by atoms with Crippen LogP contribution < -0.4 is 15.4 Å². The predicted octanol–water partition coefficient (Wildman–Crippen LogP) is 3.68. The number of nitrogens with zero attached hydrogens (tertiary/aromatic N) is 2. The first-order valence-electron chi connectivity index (χ1n) is 10.4. The minimum Gasteiger partial charge on any atom is -0.492 e. The second-order valence-electron chi connectivity index (χ2n) is 7.46. The largest absolute Gasteiger partial charge is 0.492 e. The number of benzene rings is 1. The first kappa shape index (κ1) is 24.1. The molecule has 2 N–H and O–H groups in total. The number of hydrogen-bond acceptors (Lipinski definition) is 3. The number of rotatable bonds is 7. The van der Waals surface area contributed by atoms with E-state index in [0.29, 0.717) is 24.1 Å². The molecule has 3 rings (SSSR count). The van der Waals surface area contributed by atoms with Crippen molar-refractivity contribution in [3.8, 4) is 5.75 Å². The molecule has 1 heterocycles. The topological polar surface area (TPSA) is 66.0 Å². The van der Waals surface area contributed by atoms with Gasteiger partial charge in [-0.2, -0.15) is 0 Å². The minimum atomic E-state index is 0. The van der Waals surface area contributed by atoms with Gasteiger partial charge in [-0.15, -0.1) is 24.0 Å². The van der Waals surface area contributed by atoms with Crippen LogP contribution in [0.4, 0.5) is 0 Å². The van der Waals surface area contributed by atoms with Crippen LogP contribution >= 0.6 is 35.6 Å². The molecular weight excluding hydrogens is 503 g/mol. The summed E-state index contributed by atoms with van der Waals surface area (Å²) in [5, 5.41) is 7.40. The van der Waals surface area contributed by atoms with Gasteiger partial charge < -0.3 is 20.3 Å². The molecule has 1 aromatic rings. The second-order valence-corrected chi connectivity index (χ2v) is 7.90. The summed E-state index contributed by atoms with van der Waals surface area (Å²) < 4.78 is 5.69. The fourth-order valence-electron chi connectivity index (χ4n) is 3.90. The zero-order chi connectivity index (χ0) is 19.8. The maximum absolute atomic E-state index is 12.6. The molecule has 29 heavy (non-hydrogen) atoms. The first-order chi connectivity index (χ1) is 13.7. The summed E-state index contributed by atoms with van der Waals surface area (Å²) in [7, 11) is 0. The van der Waals surface area contributed by atoms with Crippen molar-refractivity contribution in [2.45, 2.75) is 45.1 Å². The Balaban J connectivity index is 0.00000300. The summed E-state index contributed by atoms with van der Waals surface area (Å²) in [4.78, 5) is 19.2. The number of carbonyl (C=O) groups excluding carboxylic acids is 1. The first-order valence-corrected chi connectivity index (χ1v) is 10.8. The molecule has 1 amide bonds. The van der Waals surface area contributed by atoms with Crippen LogP contribution in [-0.2, 0) is 4.79 Å². The molecule has 0 spiro atoms. The lowest BCUT2D eigenvalue weighted by Crippen LogP contribution is -2.45. The Morgan fingerprint density at radius 1 is 1.31 bits per heavy atom. The SMILES string of the molecule is CCNC(=NCCOc1cccc(Cl)c1)NC1CCN(C(=O)C2CCCC2)C1.I. The highest BCUT2D eigenvalue weighted by Crippen LogP contribution is 2.27. The van der Waals surface area contributed by atoms with Gasteiger partial charge in [-0.25, -0.2) is 4.99 Å². The fraction of sp³-hybridized carbons (Fsp3) is 0.619. The van der Waals surface area contributed by atoms with Crippen LogP contribution in [0, 0.1) is 5.92 Å². The summed E-state index contributed by atoms with van der Waals surface area (Å²) in [6.07, 6.45) is 5.47. The Morgan fingerprint density at radius 3 is 2.83 bits per heavy atom. The van der Waals surface area contributed by atoms with Crippen molar-refractivity contribution in [1.29, 1.82) is 0 Å². The standard InChI is InChI=1S/C21H31ClN4O2.HI/c1-2-23-21(24-11-13-28-19-9-5-8-17(22)14-19)25-18-10-12-26(15-18)20(27)16-6-3-4-7-16;/h5,8-9,14,16,18H,2-4,6-7,10-13,15H2,1H3,(H2,23,24,25);1H. The number of hydrogen-bond donors (Lipinski definition) is 2. The van der Waals surface area contributed by atoms with Gasteiger partial charge >= 0.3 is 0 Å². The van der Waals surface area contributed by atoms with Gasteiger partial charge in [0, 0.05) is 36.6 Å². The Hall–Kier alpha value is -1.22. The highest BCUT2D eigenvalue weighted by Gasteiger charge is 2.32. The van der Waals surface area contributed by atoms with Crippen LogP contribution in [-0.4, -0.2) is 55.6 Å². The van der Waals surface area contributed by atoms with E-state index in [1.54, 1.807) is 6.07 Å². The van der Waals surface area contributed by atoms with Gasteiger partial charge in [0.15, 0.2) is 5.96 Å². The third-order valence-corrected chi connectivity index (χ3v) is 5.55. The third kappa shape index (κ3) is 7.51. The summed E-state index contributed by atoms with van der Waals surface area (Å²) in [6.45, 7) is 5.46. The predicted molar refractivity (Wildman–Crippen MR) is 128 cm³/mol. The molecule has 1 aliphatic carbocycles. The van der Waals surface area contributed by atoms with Crippen molar-refractivity contribution in [2.24, 2.45) is 10.9 Å². The number of likely N-dealkylation sites (tertiary alicyclic amines) is 1. The van der Waals surface area contributed by atoms with Crippen molar-refractivity contribution in [2.75, 3.05) is 32.8 Å². The van der Waals surface area contributed by atoms with Crippen molar-refractivity contribution in [3.05, 3.63) is 29.3 Å². The molecule has 1 aromatic carbocycles. The Morgan fingerprint density at radius 2 is 2.10 bits per heavy atom. The van der Waals surface area contributed by atoms with Gasteiger partial charge in [0.2, 0.25) is 5.91 Å². The molecule has 0 bridgehead atoms. The molecule has 1 aliphatic heterocycles. The Bertz CT molecular complexity index is 682. The van der Waals surface area contributed by atoms with E-state index in [4.69, 9.17) is 16.3 Å². The van der Waals surface area contributed by atoms with E-state index in [1.807, 2.05) is 30.0 Å². The van der Waals surface area contributed by atoms with Crippen LogP contribution in [0.3, 0.4) is 0 Å². The van der Waals surface area contributed by atoms with Gasteiger partial charge in [-0.05, 0) is 44.4 Å². The second kappa shape index (κ2) is 12.5. The zero-order valence-electron chi connectivity index (χ0n) is 17.0. The van der Waals surface area contributed by atoms with Gasteiger partial charge in [0.1, 0.15) is 12.4 Å². The van der Waals surface area contributed by atoms with Crippen LogP contribution in [0.25, 0.3) is 0 Å². The molecular formula is C21H32ClIN4O2. The van der Waals surface area contributed by atoms with Crippen molar-refractivity contribution in [1.82, 2.24) is 15.5 Å². The Kier molecular flexibility index (Phi) is 10.3. The number of nitrogens with one attached hydrogen (secondary N) is 2. The van der Waals surface area contributed by atoms with Gasteiger partial charge in [-0.1, -0.05) is 30.5 Å². The van der Waals surface area contributed by atoms with Gasteiger partial charge in [0.25, 0.3) is 0 Å². The van der Waals surface area contributed by atoms with E-state index in [-0.39, 0.29) is 35.9 Å². The number of halogens is 2. The maximum Gasteiger partial charge on any atom is 0.225 e. The number of guanidine groups is 1. The number of amides is 1. The van der Waals surface area contributed by atoms with Crippen molar-refractivity contribution >= 4 is 47.4 Å². The monoisotopic (exact) mass is 534 g/mol. The molecule has 0 aromatic heterocycles.